The van der Waals surface area contributed by atoms with E-state index in [1.54, 1.807) is 0 Å². The molecule has 0 saturated heterocycles. The molecule has 0 bridgehead atoms. The van der Waals surface area contributed by atoms with Gasteiger partial charge in [-0.05, 0) is 0 Å². The van der Waals surface area contributed by atoms with E-state index in [1.807, 2.05) is 5.32 Å². The van der Waals surface area contributed by atoms with Gasteiger partial charge in [0.25, 0.3) is 0 Å². The van der Waals surface area contributed by atoms with Crippen LogP contribution in [0, 0.1) is 16.9 Å². The van der Waals surface area contributed by atoms with Crippen molar-refractivity contribution < 1.29 is 0 Å². The summed E-state index contributed by atoms with van der Waals surface area (Å²) in [5.41, 5.74) is 43.4. The first-order valence-electron chi connectivity index (χ1n) is 4.07. The van der Waals surface area contributed by atoms with E-state index in [0.717, 1.165) is 0 Å². The van der Waals surface area contributed by atoms with Crippen LogP contribution < -0.4 is 56.9 Å². The summed E-state index contributed by atoms with van der Waals surface area (Å²) in [5.74, 6) is -0.396. The fourth-order valence-electron chi connectivity index (χ4n) is 0.0602. The highest BCUT2D eigenvalue weighted by Gasteiger charge is 1.78. The Morgan fingerprint density at radius 2 is 0.944 bits per heavy atom. The molecule has 0 fully saturated rings. The first-order chi connectivity index (χ1) is 8.06. The molecular weight excluding hydrogens is 240 g/mol. The molecule has 18 heavy (non-hydrogen) atoms. The summed E-state index contributed by atoms with van der Waals surface area (Å²) in [6.07, 6.45) is 1.47. The van der Waals surface area contributed by atoms with E-state index < -0.39 is 0 Å². The van der Waals surface area contributed by atoms with Gasteiger partial charge in [0.2, 0.25) is 0 Å². The van der Waals surface area contributed by atoms with E-state index in [-0.39, 0.29) is 29.2 Å². The van der Waals surface area contributed by atoms with Crippen molar-refractivity contribution in [1.82, 2.24) is 5.32 Å². The molecule has 0 unspecified atom stereocenters. The van der Waals surface area contributed by atoms with E-state index in [2.05, 4.69) is 5.73 Å². The van der Waals surface area contributed by atoms with Crippen LogP contribution in [0.1, 0.15) is 0 Å². The third kappa shape index (κ3) is 29.3. The van der Waals surface area contributed by atoms with Gasteiger partial charge < -0.3 is 51.6 Å². The number of rotatable bonds is 0. The Bertz CT molecular complexity index is 288. The standard InChI is InChI=1S/C2H4N4.2C2H8N4/c3-1-6-2(4)5;2*3-1(4)2(5)6/h(H4,4,5,6);2*3-6H2. The molecule has 0 amide bonds. The van der Waals surface area contributed by atoms with Crippen LogP contribution in [0.2, 0.25) is 0 Å². The molecular formula is C6H20N12. The third-order valence-corrected chi connectivity index (χ3v) is 0.857. The lowest BCUT2D eigenvalue weighted by molar-refractivity contribution is 1.09. The average Bonchev–Trinajstić information content (AvgIpc) is 2.18. The summed E-state index contributed by atoms with van der Waals surface area (Å²) in [6, 6.07) is 0. The Labute approximate surface area is 104 Å². The Kier molecular flexibility index (Phi) is 13.1. The molecule has 0 aliphatic rings. The first-order valence-corrected chi connectivity index (χ1v) is 4.07. The summed E-state index contributed by atoms with van der Waals surface area (Å²) in [6.45, 7) is 0. The minimum Gasteiger partial charge on any atom is -0.383 e. The predicted octanol–water partition coefficient (Wildman–Crippen LogP) is -5.15. The molecule has 20 N–H and O–H groups in total. The smallest absolute Gasteiger partial charge is 0.199 e. The molecule has 0 atom stereocenters. The maximum Gasteiger partial charge on any atom is 0.199 e. The zero-order valence-electron chi connectivity index (χ0n) is 9.64. The van der Waals surface area contributed by atoms with Crippen molar-refractivity contribution in [2.45, 2.75) is 0 Å². The summed E-state index contributed by atoms with van der Waals surface area (Å²) in [7, 11) is 0. The Balaban J connectivity index is -0.000000187. The highest BCUT2D eigenvalue weighted by molar-refractivity contribution is 5.75. The van der Waals surface area contributed by atoms with E-state index in [4.69, 9.17) is 56.5 Å². The van der Waals surface area contributed by atoms with E-state index in [1.165, 1.54) is 6.19 Å². The molecule has 0 aromatic rings. The molecule has 0 radical (unpaired) electrons. The number of nitrogens with zero attached hydrogens (tertiary/aromatic N) is 1. The Morgan fingerprint density at radius 3 is 0.944 bits per heavy atom. The van der Waals surface area contributed by atoms with Gasteiger partial charge in [-0.15, -0.1) is 0 Å². The summed E-state index contributed by atoms with van der Waals surface area (Å²) < 4.78 is 0. The van der Waals surface area contributed by atoms with E-state index >= 15 is 0 Å². The van der Waals surface area contributed by atoms with Crippen molar-refractivity contribution in [2.24, 2.45) is 51.6 Å². The second-order valence-electron chi connectivity index (χ2n) is 2.47. The monoisotopic (exact) mass is 260 g/mol. The quantitative estimate of drug-likeness (QED) is 0.0845. The van der Waals surface area contributed by atoms with Crippen LogP contribution in [0.4, 0.5) is 0 Å². The van der Waals surface area contributed by atoms with Gasteiger partial charge in [-0.2, -0.15) is 5.26 Å². The van der Waals surface area contributed by atoms with E-state index in [0.29, 0.717) is 0 Å². The molecule has 0 aromatic carbocycles. The first kappa shape index (κ1) is 20.1. The zero-order valence-corrected chi connectivity index (χ0v) is 9.64. The number of nitrogens with one attached hydrogen (secondary N) is 2. The van der Waals surface area contributed by atoms with Gasteiger partial charge in [-0.1, -0.05) is 0 Å². The summed E-state index contributed by atoms with van der Waals surface area (Å²) in [5, 5.41) is 15.9. The van der Waals surface area contributed by atoms with Crippen LogP contribution in [-0.4, -0.2) is 5.96 Å². The molecule has 12 heteroatoms. The molecule has 104 valence electrons. The Hall–Kier alpha value is -3.36. The molecule has 0 spiro atoms. The minimum atomic E-state index is -0.322. The summed E-state index contributed by atoms with van der Waals surface area (Å²) in [4.78, 5) is 0. The second-order valence-corrected chi connectivity index (χ2v) is 2.47. The highest BCUT2D eigenvalue weighted by Crippen LogP contribution is 1.63. The lowest BCUT2D eigenvalue weighted by Gasteiger charge is -1.89. The van der Waals surface area contributed by atoms with Gasteiger partial charge in [0.15, 0.2) is 12.2 Å². The fraction of sp³-hybridized carbons (Fsp3) is 0. The van der Waals surface area contributed by atoms with Crippen LogP contribution in [-0.2, 0) is 0 Å². The lowest BCUT2D eigenvalue weighted by Crippen LogP contribution is -2.25. The van der Waals surface area contributed by atoms with Crippen molar-refractivity contribution in [3.63, 3.8) is 0 Å². The number of nitrogens with two attached hydrogens (primary N) is 9. The molecule has 0 aliphatic carbocycles. The van der Waals surface area contributed by atoms with Crippen LogP contribution in [0.15, 0.2) is 23.3 Å². The minimum absolute atomic E-state index is 0.0185. The van der Waals surface area contributed by atoms with Gasteiger partial charge in [0, 0.05) is 0 Å². The normalized spacial score (nSPS) is 6.83. The SMILES string of the molecule is N#CNC(=N)N.NC(N)=C(N)N.NC(N)=C(N)N. The van der Waals surface area contributed by atoms with Crippen LogP contribution in [0.25, 0.3) is 0 Å². The number of nitriles is 1. The van der Waals surface area contributed by atoms with Crippen LogP contribution in [0.5, 0.6) is 0 Å². The van der Waals surface area contributed by atoms with Crippen molar-refractivity contribution in [2.75, 3.05) is 0 Å². The highest BCUT2D eigenvalue weighted by atomic mass is 15.0. The topological polar surface area (TPSA) is 294 Å². The predicted molar refractivity (Wildman–Crippen MR) is 68.2 cm³/mol. The number of hydrogen-bond acceptors (Lipinski definition) is 10. The molecule has 12 nitrogen and oxygen atoms in total. The van der Waals surface area contributed by atoms with Gasteiger partial charge in [0.05, 0.1) is 0 Å². The summed E-state index contributed by atoms with van der Waals surface area (Å²) >= 11 is 0. The van der Waals surface area contributed by atoms with Gasteiger partial charge >= 0.3 is 0 Å². The Morgan fingerprint density at radius 1 is 0.722 bits per heavy atom. The molecule has 0 heterocycles. The van der Waals surface area contributed by atoms with Gasteiger partial charge in [-0.25, -0.2) is 0 Å². The van der Waals surface area contributed by atoms with Crippen molar-refractivity contribution in [1.29, 1.82) is 10.7 Å². The number of hydrogen-bond donors (Lipinski definition) is 11. The molecule has 0 aliphatic heterocycles. The third-order valence-electron chi connectivity index (χ3n) is 0.857. The molecule has 0 saturated carbocycles. The van der Waals surface area contributed by atoms with Gasteiger partial charge in [-0.3, -0.25) is 10.7 Å². The second kappa shape index (κ2) is 11.7. The maximum atomic E-state index is 7.65. The molecule has 0 rings (SSSR count). The number of guanidine groups is 1. The van der Waals surface area contributed by atoms with Crippen LogP contribution >= 0.6 is 0 Å². The van der Waals surface area contributed by atoms with Crippen molar-refractivity contribution in [3.05, 3.63) is 23.3 Å². The fourth-order valence-corrected chi connectivity index (χ4v) is 0.0602. The molecule has 0 aromatic heterocycles. The van der Waals surface area contributed by atoms with Crippen molar-refractivity contribution in [3.8, 4) is 6.19 Å². The van der Waals surface area contributed by atoms with E-state index in [9.17, 15) is 0 Å². The van der Waals surface area contributed by atoms with Crippen molar-refractivity contribution >= 4 is 5.96 Å². The average molecular weight is 260 g/mol. The maximum absolute atomic E-state index is 7.65. The zero-order chi connectivity index (χ0) is 15.3. The largest absolute Gasteiger partial charge is 0.383 e. The van der Waals surface area contributed by atoms with Gasteiger partial charge in [0.1, 0.15) is 23.3 Å². The lowest BCUT2D eigenvalue weighted by atomic mass is 10.7. The van der Waals surface area contributed by atoms with Crippen LogP contribution in [0.3, 0.4) is 0 Å².